The van der Waals surface area contributed by atoms with Crippen molar-refractivity contribution in [2.45, 2.75) is 65.4 Å². The monoisotopic (exact) mass is 340 g/mol. The lowest BCUT2D eigenvalue weighted by atomic mass is 10.0. The Morgan fingerprint density at radius 3 is 2.42 bits per heavy atom. The molecule has 0 saturated carbocycles. The van der Waals surface area contributed by atoms with Gasteiger partial charge in [-0.25, -0.2) is 4.79 Å². The average molecular weight is 340 g/mol. The quantitative estimate of drug-likeness (QED) is 0.290. The van der Waals surface area contributed by atoms with Gasteiger partial charge in [0.1, 0.15) is 6.10 Å². The van der Waals surface area contributed by atoms with Gasteiger partial charge in [0.2, 0.25) is 0 Å². The van der Waals surface area contributed by atoms with Gasteiger partial charge in [-0.2, -0.15) is 0 Å². The Morgan fingerprint density at radius 2 is 1.79 bits per heavy atom. The Balaban J connectivity index is 3.72. The van der Waals surface area contributed by atoms with Crippen molar-refractivity contribution in [1.82, 2.24) is 0 Å². The molecule has 0 fully saturated rings. The fourth-order valence-electron chi connectivity index (χ4n) is 2.13. The first kappa shape index (κ1) is 22.2. The van der Waals surface area contributed by atoms with Crippen LogP contribution in [0.3, 0.4) is 0 Å². The second kappa shape index (κ2) is 13.6. The fourth-order valence-corrected chi connectivity index (χ4v) is 2.13. The standard InChI is InChI=1S/C19H32O5/c1-6-23-19(21)24-17(4)15(2)13-11-9-7-8-10-12-14-16(3)18(20)22-5/h11,13,16-17H,2,6-10,12,14H2,1,3-5H3/b13-11+. The summed E-state index contributed by atoms with van der Waals surface area (Å²) in [7, 11) is 1.43. The summed E-state index contributed by atoms with van der Waals surface area (Å²) < 4.78 is 14.5. The first-order chi connectivity index (χ1) is 11.4. The molecular formula is C19H32O5. The summed E-state index contributed by atoms with van der Waals surface area (Å²) in [6.07, 6.45) is 9.08. The number of allylic oxidation sites excluding steroid dienone is 1. The van der Waals surface area contributed by atoms with Crippen molar-refractivity contribution in [3.8, 4) is 0 Å². The summed E-state index contributed by atoms with van der Waals surface area (Å²) in [4.78, 5) is 22.5. The molecule has 0 aliphatic carbocycles. The van der Waals surface area contributed by atoms with E-state index in [1.165, 1.54) is 7.11 Å². The van der Waals surface area contributed by atoms with E-state index < -0.39 is 6.16 Å². The van der Waals surface area contributed by atoms with Crippen molar-refractivity contribution in [1.29, 1.82) is 0 Å². The number of carbonyl (C=O) groups is 2. The van der Waals surface area contributed by atoms with Crippen LogP contribution in [0.2, 0.25) is 0 Å². The summed E-state index contributed by atoms with van der Waals surface area (Å²) in [5.74, 6) is -0.144. The van der Waals surface area contributed by atoms with Crippen LogP contribution in [0.1, 0.15) is 59.3 Å². The zero-order valence-corrected chi connectivity index (χ0v) is 15.5. The molecule has 0 N–H and O–H groups in total. The molecule has 138 valence electrons. The molecule has 2 unspecified atom stereocenters. The summed E-state index contributed by atoms with van der Waals surface area (Å²) in [6.45, 7) is 9.60. The minimum Gasteiger partial charge on any atom is -0.469 e. The molecule has 0 aromatic carbocycles. The predicted molar refractivity (Wildman–Crippen MR) is 94.7 cm³/mol. The maximum absolute atomic E-state index is 11.3. The van der Waals surface area contributed by atoms with Crippen LogP contribution < -0.4 is 0 Å². The number of methoxy groups -OCH3 is 1. The third-order valence-electron chi connectivity index (χ3n) is 3.75. The number of unbranched alkanes of at least 4 members (excludes halogenated alkanes) is 4. The van der Waals surface area contributed by atoms with Crippen LogP contribution in [0.4, 0.5) is 4.79 Å². The van der Waals surface area contributed by atoms with Crippen LogP contribution in [0, 0.1) is 5.92 Å². The highest BCUT2D eigenvalue weighted by molar-refractivity contribution is 5.71. The van der Waals surface area contributed by atoms with Gasteiger partial charge < -0.3 is 14.2 Å². The maximum atomic E-state index is 11.3. The zero-order chi connectivity index (χ0) is 18.4. The molecule has 0 aliphatic rings. The highest BCUT2D eigenvalue weighted by Gasteiger charge is 2.12. The number of esters is 1. The van der Waals surface area contributed by atoms with Gasteiger partial charge in [0, 0.05) is 0 Å². The first-order valence-corrected chi connectivity index (χ1v) is 8.68. The fraction of sp³-hybridized carbons (Fsp3) is 0.684. The smallest absolute Gasteiger partial charge is 0.469 e. The van der Waals surface area contributed by atoms with Gasteiger partial charge in [-0.1, -0.05) is 44.9 Å². The van der Waals surface area contributed by atoms with E-state index in [2.05, 4.69) is 6.58 Å². The van der Waals surface area contributed by atoms with Crippen LogP contribution in [-0.2, 0) is 19.0 Å². The minimum atomic E-state index is -0.666. The van der Waals surface area contributed by atoms with Gasteiger partial charge in [0.15, 0.2) is 0 Å². The van der Waals surface area contributed by atoms with Crippen molar-refractivity contribution in [3.05, 3.63) is 24.3 Å². The molecule has 0 amide bonds. The van der Waals surface area contributed by atoms with Crippen LogP contribution in [0.25, 0.3) is 0 Å². The van der Waals surface area contributed by atoms with Gasteiger partial charge in [-0.05, 0) is 38.7 Å². The molecular weight excluding hydrogens is 308 g/mol. The lowest BCUT2D eigenvalue weighted by Crippen LogP contribution is -2.16. The molecule has 24 heavy (non-hydrogen) atoms. The number of rotatable bonds is 12. The van der Waals surface area contributed by atoms with Crippen molar-refractivity contribution in [3.63, 3.8) is 0 Å². The van der Waals surface area contributed by atoms with Gasteiger partial charge in [-0.3, -0.25) is 4.79 Å². The molecule has 0 spiro atoms. The summed E-state index contributed by atoms with van der Waals surface area (Å²) in [5.41, 5.74) is 0.745. The second-order valence-corrected chi connectivity index (χ2v) is 5.84. The van der Waals surface area contributed by atoms with Crippen LogP contribution in [-0.4, -0.2) is 31.9 Å². The van der Waals surface area contributed by atoms with E-state index >= 15 is 0 Å². The molecule has 0 heterocycles. The van der Waals surface area contributed by atoms with Crippen molar-refractivity contribution in [2.24, 2.45) is 5.92 Å². The predicted octanol–water partition coefficient (Wildman–Crippen LogP) is 4.81. The Bertz CT molecular complexity index is 414. The van der Waals surface area contributed by atoms with Gasteiger partial charge in [-0.15, -0.1) is 0 Å². The second-order valence-electron chi connectivity index (χ2n) is 5.84. The van der Waals surface area contributed by atoms with E-state index in [0.717, 1.165) is 44.1 Å². The van der Waals surface area contributed by atoms with Gasteiger partial charge >= 0.3 is 12.1 Å². The van der Waals surface area contributed by atoms with Crippen molar-refractivity contribution in [2.75, 3.05) is 13.7 Å². The molecule has 0 saturated heterocycles. The molecule has 5 nitrogen and oxygen atoms in total. The van der Waals surface area contributed by atoms with Crippen LogP contribution in [0.5, 0.6) is 0 Å². The summed E-state index contributed by atoms with van der Waals surface area (Å²) >= 11 is 0. The van der Waals surface area contributed by atoms with E-state index in [-0.39, 0.29) is 18.0 Å². The topological polar surface area (TPSA) is 61.8 Å². The van der Waals surface area contributed by atoms with Crippen LogP contribution in [0.15, 0.2) is 24.3 Å². The minimum absolute atomic E-state index is 0.0147. The van der Waals surface area contributed by atoms with Gasteiger partial charge in [0.25, 0.3) is 0 Å². The lowest BCUT2D eigenvalue weighted by Gasteiger charge is -2.12. The van der Waals surface area contributed by atoms with E-state index in [1.54, 1.807) is 13.8 Å². The summed E-state index contributed by atoms with van der Waals surface area (Å²) in [6, 6.07) is 0. The Morgan fingerprint density at radius 1 is 1.12 bits per heavy atom. The van der Waals surface area contributed by atoms with E-state index in [9.17, 15) is 9.59 Å². The molecule has 2 atom stereocenters. The molecule has 0 rings (SSSR count). The highest BCUT2D eigenvalue weighted by atomic mass is 16.7. The number of hydrogen-bond acceptors (Lipinski definition) is 5. The van der Waals surface area contributed by atoms with E-state index in [0.29, 0.717) is 6.61 Å². The zero-order valence-electron chi connectivity index (χ0n) is 15.5. The Labute approximate surface area is 146 Å². The van der Waals surface area contributed by atoms with Crippen LogP contribution >= 0.6 is 0 Å². The van der Waals surface area contributed by atoms with E-state index in [4.69, 9.17) is 14.2 Å². The third kappa shape index (κ3) is 10.9. The average Bonchev–Trinajstić information content (AvgIpc) is 2.55. The highest BCUT2D eigenvalue weighted by Crippen LogP contribution is 2.13. The number of carbonyl (C=O) groups excluding carboxylic acids is 2. The molecule has 0 aliphatic heterocycles. The number of hydrogen-bond donors (Lipinski definition) is 0. The molecule has 5 heteroatoms. The van der Waals surface area contributed by atoms with E-state index in [1.807, 2.05) is 19.1 Å². The summed E-state index contributed by atoms with van der Waals surface area (Å²) in [5, 5.41) is 0. The Kier molecular flexibility index (Phi) is 12.6. The lowest BCUT2D eigenvalue weighted by molar-refractivity contribution is -0.145. The normalized spacial score (nSPS) is 13.3. The molecule has 0 bridgehead atoms. The molecule has 0 aromatic heterocycles. The Hall–Kier alpha value is -1.78. The third-order valence-corrected chi connectivity index (χ3v) is 3.75. The molecule has 0 aromatic rings. The maximum Gasteiger partial charge on any atom is 0.508 e. The molecule has 0 radical (unpaired) electrons. The number of ether oxygens (including phenoxy) is 3. The van der Waals surface area contributed by atoms with Crippen molar-refractivity contribution < 1.29 is 23.8 Å². The first-order valence-electron chi connectivity index (χ1n) is 8.68. The SMILES string of the molecule is C=C(/C=C/CCCCCCC(C)C(=O)OC)C(C)OC(=O)OCC. The largest absolute Gasteiger partial charge is 0.508 e. The van der Waals surface area contributed by atoms with Gasteiger partial charge in [0.05, 0.1) is 19.6 Å². The van der Waals surface area contributed by atoms with Crippen molar-refractivity contribution >= 4 is 12.1 Å².